The molecule has 1 aromatic heterocycles. The van der Waals surface area contributed by atoms with Gasteiger partial charge in [-0.1, -0.05) is 42.8 Å². The van der Waals surface area contributed by atoms with E-state index in [0.29, 0.717) is 0 Å². The van der Waals surface area contributed by atoms with E-state index in [1.165, 1.54) is 54.2 Å². The highest BCUT2D eigenvalue weighted by Crippen LogP contribution is 2.24. The molecule has 4 rings (SSSR count). The lowest BCUT2D eigenvalue weighted by Gasteiger charge is -2.08. The Morgan fingerprint density at radius 3 is 1.58 bits per heavy atom. The van der Waals surface area contributed by atoms with Crippen LogP contribution in [0.15, 0.2) is 48.5 Å². The van der Waals surface area contributed by atoms with E-state index in [1.54, 1.807) is 0 Å². The summed E-state index contributed by atoms with van der Waals surface area (Å²) >= 11 is 0. The number of fused-ring (bicyclic) bond motifs is 3. The first kappa shape index (κ1) is 12.2. The third-order valence-electron chi connectivity index (χ3n) is 3.62. The zero-order valence-electron chi connectivity index (χ0n) is 11.2. The van der Waals surface area contributed by atoms with Gasteiger partial charge in [-0.05, 0) is 38.1 Å². The van der Waals surface area contributed by atoms with Gasteiger partial charge in [0.2, 0.25) is 0 Å². The molecule has 0 atom stereocenters. The Bertz CT molecular complexity index is 588. The summed E-state index contributed by atoms with van der Waals surface area (Å²) in [6.45, 7) is 2.50. The lowest BCUT2D eigenvalue weighted by molar-refractivity contribution is 0.520. The number of nitrogens with one attached hydrogen (secondary N) is 2. The van der Waals surface area contributed by atoms with Crippen molar-refractivity contribution in [1.82, 2.24) is 10.3 Å². The van der Waals surface area contributed by atoms with Crippen LogP contribution in [0, 0.1) is 0 Å². The highest BCUT2D eigenvalue weighted by molar-refractivity contribution is 6.06. The molecule has 0 spiro atoms. The highest BCUT2D eigenvalue weighted by atomic mass is 14.9. The molecule has 2 nitrogen and oxygen atoms in total. The van der Waals surface area contributed by atoms with Crippen LogP contribution in [0.5, 0.6) is 0 Å². The SMILES string of the molecule is C1CCNCC1.c1ccc2c(c1)[nH]c1ccccc12. The van der Waals surface area contributed by atoms with Gasteiger partial charge < -0.3 is 10.3 Å². The second-order valence-electron chi connectivity index (χ2n) is 5.03. The fraction of sp³-hybridized carbons (Fsp3) is 0.294. The summed E-state index contributed by atoms with van der Waals surface area (Å²) in [6, 6.07) is 16.8. The normalized spacial score (nSPS) is 15.2. The van der Waals surface area contributed by atoms with Crippen LogP contribution in [0.3, 0.4) is 0 Å². The topological polar surface area (TPSA) is 27.8 Å². The Kier molecular flexibility index (Phi) is 3.80. The number of piperidine rings is 1. The largest absolute Gasteiger partial charge is 0.355 e. The molecule has 0 unspecified atom stereocenters. The predicted octanol–water partition coefficient (Wildman–Crippen LogP) is 4.08. The molecule has 2 N–H and O–H groups in total. The van der Waals surface area contributed by atoms with E-state index in [-0.39, 0.29) is 0 Å². The number of aromatic amines is 1. The molecule has 2 aromatic carbocycles. The fourth-order valence-electron chi connectivity index (χ4n) is 2.60. The summed E-state index contributed by atoms with van der Waals surface area (Å²) in [5, 5.41) is 5.89. The van der Waals surface area contributed by atoms with Gasteiger partial charge in [0, 0.05) is 21.8 Å². The molecule has 1 aliphatic rings. The van der Waals surface area contributed by atoms with Crippen molar-refractivity contribution < 1.29 is 0 Å². The number of hydrogen-bond acceptors (Lipinski definition) is 1. The number of hydrogen-bond donors (Lipinski definition) is 2. The molecule has 0 amide bonds. The number of rotatable bonds is 0. The molecule has 1 fully saturated rings. The molecule has 0 saturated carbocycles. The molecule has 1 aliphatic heterocycles. The summed E-state index contributed by atoms with van der Waals surface area (Å²) in [4.78, 5) is 3.38. The van der Waals surface area contributed by atoms with Crippen LogP contribution in [-0.4, -0.2) is 18.1 Å². The van der Waals surface area contributed by atoms with Gasteiger partial charge in [-0.2, -0.15) is 0 Å². The van der Waals surface area contributed by atoms with E-state index < -0.39 is 0 Å². The molecule has 0 aliphatic carbocycles. The summed E-state index contributed by atoms with van der Waals surface area (Å²) in [5.41, 5.74) is 2.42. The minimum absolute atomic E-state index is 1.21. The first-order valence-electron chi connectivity index (χ1n) is 7.11. The molecule has 2 heterocycles. The second kappa shape index (κ2) is 5.89. The third kappa shape index (κ3) is 2.79. The second-order valence-corrected chi connectivity index (χ2v) is 5.03. The van der Waals surface area contributed by atoms with E-state index in [9.17, 15) is 0 Å². The van der Waals surface area contributed by atoms with E-state index in [0.717, 1.165) is 0 Å². The standard InChI is InChI=1S/C12H9N.C5H11N/c1-3-7-11-9(5-1)10-6-2-4-8-12(10)13-11;1-2-4-6-5-3-1/h1-8,13H;6H,1-5H2. The Morgan fingerprint density at radius 1 is 0.632 bits per heavy atom. The average molecular weight is 252 g/mol. The van der Waals surface area contributed by atoms with Crippen molar-refractivity contribution >= 4 is 21.8 Å². The first-order chi connectivity index (χ1) is 9.45. The molecule has 0 bridgehead atoms. The lowest BCUT2D eigenvalue weighted by atomic mass is 10.2. The van der Waals surface area contributed by atoms with Gasteiger partial charge in [-0.15, -0.1) is 0 Å². The van der Waals surface area contributed by atoms with Crippen molar-refractivity contribution in [2.75, 3.05) is 13.1 Å². The fourth-order valence-corrected chi connectivity index (χ4v) is 2.60. The molecule has 2 heteroatoms. The Balaban J connectivity index is 0.000000155. The predicted molar refractivity (Wildman–Crippen MR) is 82.5 cm³/mol. The molecule has 1 saturated heterocycles. The van der Waals surface area contributed by atoms with Crippen molar-refractivity contribution in [3.63, 3.8) is 0 Å². The van der Waals surface area contributed by atoms with Gasteiger partial charge in [0.25, 0.3) is 0 Å². The lowest BCUT2D eigenvalue weighted by Crippen LogP contribution is -2.21. The summed E-state index contributed by atoms with van der Waals surface area (Å²) in [6.07, 6.45) is 4.22. The summed E-state index contributed by atoms with van der Waals surface area (Å²) in [5.74, 6) is 0. The maximum atomic E-state index is 3.38. The molecular weight excluding hydrogens is 232 g/mol. The minimum Gasteiger partial charge on any atom is -0.355 e. The Labute approximate surface area is 113 Å². The van der Waals surface area contributed by atoms with Gasteiger partial charge in [-0.25, -0.2) is 0 Å². The highest BCUT2D eigenvalue weighted by Gasteiger charge is 2.00. The monoisotopic (exact) mass is 252 g/mol. The Morgan fingerprint density at radius 2 is 1.16 bits per heavy atom. The van der Waals surface area contributed by atoms with Crippen molar-refractivity contribution in [1.29, 1.82) is 0 Å². The van der Waals surface area contributed by atoms with Crippen LogP contribution >= 0.6 is 0 Å². The van der Waals surface area contributed by atoms with Gasteiger partial charge in [0.05, 0.1) is 0 Å². The minimum atomic E-state index is 1.21. The zero-order valence-corrected chi connectivity index (χ0v) is 11.2. The number of aromatic nitrogens is 1. The van der Waals surface area contributed by atoms with Crippen LogP contribution in [0.2, 0.25) is 0 Å². The van der Waals surface area contributed by atoms with Crippen molar-refractivity contribution in [3.8, 4) is 0 Å². The zero-order chi connectivity index (χ0) is 12.9. The van der Waals surface area contributed by atoms with Crippen molar-refractivity contribution in [3.05, 3.63) is 48.5 Å². The number of benzene rings is 2. The summed E-state index contributed by atoms with van der Waals surface area (Å²) < 4.78 is 0. The Hall–Kier alpha value is -1.80. The van der Waals surface area contributed by atoms with Crippen LogP contribution in [0.25, 0.3) is 21.8 Å². The van der Waals surface area contributed by atoms with Crippen LogP contribution in [0.1, 0.15) is 19.3 Å². The van der Waals surface area contributed by atoms with Crippen molar-refractivity contribution in [2.24, 2.45) is 0 Å². The van der Waals surface area contributed by atoms with E-state index in [4.69, 9.17) is 0 Å². The molecule has 0 radical (unpaired) electrons. The van der Waals surface area contributed by atoms with Crippen LogP contribution < -0.4 is 5.32 Å². The molecule has 98 valence electrons. The third-order valence-corrected chi connectivity index (χ3v) is 3.62. The summed E-state index contributed by atoms with van der Waals surface area (Å²) in [7, 11) is 0. The molecular formula is C17H20N2. The van der Waals surface area contributed by atoms with Crippen molar-refractivity contribution in [2.45, 2.75) is 19.3 Å². The van der Waals surface area contributed by atoms with Crippen LogP contribution in [-0.2, 0) is 0 Å². The van der Waals surface area contributed by atoms with E-state index in [2.05, 4.69) is 58.8 Å². The van der Waals surface area contributed by atoms with E-state index in [1.807, 2.05) is 0 Å². The molecule has 3 aromatic rings. The van der Waals surface area contributed by atoms with Gasteiger partial charge in [0.1, 0.15) is 0 Å². The van der Waals surface area contributed by atoms with E-state index >= 15 is 0 Å². The van der Waals surface area contributed by atoms with Gasteiger partial charge in [0.15, 0.2) is 0 Å². The maximum Gasteiger partial charge on any atom is 0.0464 e. The van der Waals surface area contributed by atoms with Gasteiger partial charge in [-0.3, -0.25) is 0 Å². The van der Waals surface area contributed by atoms with Crippen LogP contribution in [0.4, 0.5) is 0 Å². The number of H-pyrrole nitrogens is 1. The average Bonchev–Trinajstić information content (AvgIpc) is 2.88. The molecule has 19 heavy (non-hydrogen) atoms. The first-order valence-corrected chi connectivity index (χ1v) is 7.11. The van der Waals surface area contributed by atoms with Gasteiger partial charge >= 0.3 is 0 Å². The maximum absolute atomic E-state index is 3.38. The quantitative estimate of drug-likeness (QED) is 0.620. The number of para-hydroxylation sites is 2. The smallest absolute Gasteiger partial charge is 0.0464 e.